The van der Waals surface area contributed by atoms with Crippen molar-refractivity contribution in [2.45, 2.75) is 58.3 Å². The number of hydrogen-bond acceptors (Lipinski definition) is 4. The molecule has 2 aromatic rings. The second-order valence-corrected chi connectivity index (χ2v) is 9.33. The molecule has 32 heavy (non-hydrogen) atoms. The monoisotopic (exact) mass is 443 g/mol. The van der Waals surface area contributed by atoms with Crippen LogP contribution in [-0.4, -0.2) is 43.3 Å². The van der Waals surface area contributed by atoms with E-state index in [0.29, 0.717) is 18.0 Å². The number of nitrogens with zero attached hydrogens (tertiary/aromatic N) is 1. The van der Waals surface area contributed by atoms with Crippen molar-refractivity contribution >= 4 is 6.03 Å². The molecular weight excluding hydrogens is 409 g/mol. The molecule has 1 heterocycles. The van der Waals surface area contributed by atoms with Gasteiger partial charge in [-0.3, -0.25) is 4.90 Å². The Morgan fingerprint density at radius 1 is 1.16 bits per heavy atom. The molecule has 1 aliphatic rings. The van der Waals surface area contributed by atoms with Gasteiger partial charge in [-0.2, -0.15) is 0 Å². The van der Waals surface area contributed by atoms with Gasteiger partial charge in [0.25, 0.3) is 0 Å². The fraction of sp³-hybridized carbons (Fsp3) is 0.480. The van der Waals surface area contributed by atoms with Gasteiger partial charge in [-0.1, -0.05) is 12.1 Å². The molecule has 174 valence electrons. The van der Waals surface area contributed by atoms with Crippen molar-refractivity contribution in [3.8, 4) is 11.5 Å². The normalized spacial score (nSPS) is 17.3. The van der Waals surface area contributed by atoms with Crippen LogP contribution in [0, 0.1) is 5.82 Å². The summed E-state index contributed by atoms with van der Waals surface area (Å²) < 4.78 is 24.5. The standard InChI is InChI=1S/C25H34FN3O3/c1-16(27-24(30)28-25(2,3)4)23-20-14-22(32-6)21(31-5)13-18(20)11-12-29(23)15-17-7-9-19(26)10-8-17/h7-10,13-14,16,23H,11-12,15H2,1-6H3,(H2,27,28,30)/t16-,23+/m0/s1. The smallest absolute Gasteiger partial charge is 0.315 e. The molecule has 3 rings (SSSR count). The van der Waals surface area contributed by atoms with E-state index < -0.39 is 0 Å². The molecule has 0 aliphatic carbocycles. The number of urea groups is 1. The molecule has 0 fully saturated rings. The molecule has 6 nitrogen and oxygen atoms in total. The van der Waals surface area contributed by atoms with Gasteiger partial charge < -0.3 is 20.1 Å². The van der Waals surface area contributed by atoms with Crippen LogP contribution in [0.1, 0.15) is 50.4 Å². The SMILES string of the molecule is COc1cc2c(cc1OC)[C@@H]([C@H](C)NC(=O)NC(C)(C)C)N(Cc1ccc(F)cc1)CC2. The number of methoxy groups -OCH3 is 2. The summed E-state index contributed by atoms with van der Waals surface area (Å²) in [6, 6.07) is 10.1. The van der Waals surface area contributed by atoms with Gasteiger partial charge in [0.15, 0.2) is 11.5 Å². The van der Waals surface area contributed by atoms with Crippen molar-refractivity contribution in [2.24, 2.45) is 0 Å². The first-order chi connectivity index (χ1) is 15.1. The number of rotatable bonds is 6. The topological polar surface area (TPSA) is 62.8 Å². The molecule has 1 aliphatic heterocycles. The van der Waals surface area contributed by atoms with Gasteiger partial charge in [0.1, 0.15) is 5.82 Å². The van der Waals surface area contributed by atoms with Gasteiger partial charge in [-0.25, -0.2) is 9.18 Å². The lowest BCUT2D eigenvalue weighted by Crippen LogP contribution is -2.53. The number of fused-ring (bicyclic) bond motifs is 1. The fourth-order valence-electron chi connectivity index (χ4n) is 4.28. The van der Waals surface area contributed by atoms with Gasteiger partial charge in [-0.05, 0) is 75.1 Å². The lowest BCUT2D eigenvalue weighted by Gasteiger charge is -2.41. The number of hydrogen-bond donors (Lipinski definition) is 2. The van der Waals surface area contributed by atoms with Gasteiger partial charge in [0.05, 0.1) is 20.3 Å². The molecule has 2 atom stereocenters. The Bertz CT molecular complexity index is 941. The quantitative estimate of drug-likeness (QED) is 0.693. The van der Waals surface area contributed by atoms with Gasteiger partial charge in [-0.15, -0.1) is 0 Å². The first-order valence-electron chi connectivity index (χ1n) is 10.9. The molecule has 0 unspecified atom stereocenters. The average Bonchev–Trinajstić information content (AvgIpc) is 2.72. The predicted octanol–water partition coefficient (Wildman–Crippen LogP) is 4.43. The number of ether oxygens (including phenoxy) is 2. The van der Waals surface area contributed by atoms with Crippen LogP contribution in [0.4, 0.5) is 9.18 Å². The zero-order valence-corrected chi connectivity index (χ0v) is 19.8. The van der Waals surface area contributed by atoms with Crippen molar-refractivity contribution in [3.63, 3.8) is 0 Å². The molecular formula is C25H34FN3O3. The van der Waals surface area contributed by atoms with Gasteiger partial charge >= 0.3 is 6.03 Å². The van der Waals surface area contributed by atoms with Crippen LogP contribution < -0.4 is 20.1 Å². The van der Waals surface area contributed by atoms with Crippen molar-refractivity contribution < 1.29 is 18.7 Å². The molecule has 0 spiro atoms. The Hall–Kier alpha value is -2.80. The van der Waals surface area contributed by atoms with Crippen LogP contribution in [-0.2, 0) is 13.0 Å². The van der Waals surface area contributed by atoms with E-state index in [2.05, 4.69) is 15.5 Å². The lowest BCUT2D eigenvalue weighted by molar-refractivity contribution is 0.142. The second kappa shape index (κ2) is 9.77. The van der Waals surface area contributed by atoms with E-state index in [9.17, 15) is 9.18 Å². The minimum absolute atomic E-state index is 0.0886. The number of carbonyl (C=O) groups is 1. The molecule has 2 amide bonds. The maximum absolute atomic E-state index is 13.4. The molecule has 0 saturated heterocycles. The highest BCUT2D eigenvalue weighted by Crippen LogP contribution is 2.40. The summed E-state index contributed by atoms with van der Waals surface area (Å²) in [5.41, 5.74) is 2.96. The van der Waals surface area contributed by atoms with E-state index in [1.165, 1.54) is 17.7 Å². The highest BCUT2D eigenvalue weighted by Gasteiger charge is 2.34. The van der Waals surface area contributed by atoms with Crippen molar-refractivity contribution in [3.05, 3.63) is 58.9 Å². The van der Waals surface area contributed by atoms with Crippen LogP contribution in [0.2, 0.25) is 0 Å². The van der Waals surface area contributed by atoms with Crippen molar-refractivity contribution in [2.75, 3.05) is 20.8 Å². The van der Waals surface area contributed by atoms with Crippen LogP contribution >= 0.6 is 0 Å². The minimum Gasteiger partial charge on any atom is -0.493 e. The third-order valence-electron chi connectivity index (χ3n) is 5.65. The van der Waals surface area contributed by atoms with Crippen LogP contribution in [0.15, 0.2) is 36.4 Å². The third-order valence-corrected chi connectivity index (χ3v) is 5.65. The Morgan fingerprint density at radius 2 is 1.78 bits per heavy atom. The van der Waals surface area contributed by atoms with Crippen LogP contribution in [0.25, 0.3) is 0 Å². The van der Waals surface area contributed by atoms with E-state index >= 15 is 0 Å². The van der Waals surface area contributed by atoms with E-state index in [1.54, 1.807) is 26.4 Å². The molecule has 0 radical (unpaired) electrons. The average molecular weight is 444 g/mol. The van der Waals surface area contributed by atoms with Crippen LogP contribution in [0.5, 0.6) is 11.5 Å². The Kier molecular flexibility index (Phi) is 7.29. The molecule has 7 heteroatoms. The van der Waals surface area contributed by atoms with Crippen LogP contribution in [0.3, 0.4) is 0 Å². The predicted molar refractivity (Wildman–Crippen MR) is 124 cm³/mol. The Morgan fingerprint density at radius 3 is 2.38 bits per heavy atom. The largest absolute Gasteiger partial charge is 0.493 e. The number of amides is 2. The zero-order valence-electron chi connectivity index (χ0n) is 19.8. The fourth-order valence-corrected chi connectivity index (χ4v) is 4.28. The van der Waals surface area contributed by atoms with Gasteiger partial charge in [0.2, 0.25) is 0 Å². The summed E-state index contributed by atoms with van der Waals surface area (Å²) >= 11 is 0. The third kappa shape index (κ3) is 5.71. The highest BCUT2D eigenvalue weighted by molar-refractivity contribution is 5.75. The zero-order chi connectivity index (χ0) is 23.5. The number of halogens is 1. The van der Waals surface area contributed by atoms with E-state index in [1.807, 2.05) is 39.8 Å². The van der Waals surface area contributed by atoms with E-state index in [-0.39, 0.29) is 29.5 Å². The van der Waals surface area contributed by atoms with E-state index in [4.69, 9.17) is 9.47 Å². The molecule has 2 N–H and O–H groups in total. The number of carbonyl (C=O) groups excluding carboxylic acids is 1. The molecule has 0 aromatic heterocycles. The maximum Gasteiger partial charge on any atom is 0.315 e. The molecule has 2 aromatic carbocycles. The van der Waals surface area contributed by atoms with Gasteiger partial charge in [0, 0.05) is 24.7 Å². The summed E-state index contributed by atoms with van der Waals surface area (Å²) in [6.45, 7) is 9.31. The molecule has 0 bridgehead atoms. The summed E-state index contributed by atoms with van der Waals surface area (Å²) in [6.07, 6.45) is 0.842. The highest BCUT2D eigenvalue weighted by atomic mass is 19.1. The Labute approximate surface area is 190 Å². The Balaban J connectivity index is 1.95. The van der Waals surface area contributed by atoms with E-state index in [0.717, 1.165) is 24.1 Å². The van der Waals surface area contributed by atoms with Crippen molar-refractivity contribution in [1.82, 2.24) is 15.5 Å². The van der Waals surface area contributed by atoms with Crippen molar-refractivity contribution in [1.29, 1.82) is 0 Å². The maximum atomic E-state index is 13.4. The summed E-state index contributed by atoms with van der Waals surface area (Å²) in [5, 5.41) is 6.08. The number of benzene rings is 2. The summed E-state index contributed by atoms with van der Waals surface area (Å²) in [4.78, 5) is 14.9. The molecule has 0 saturated carbocycles. The minimum atomic E-state index is -0.335. The summed E-state index contributed by atoms with van der Waals surface area (Å²) in [5.74, 6) is 1.11. The number of nitrogens with one attached hydrogen (secondary N) is 2. The first-order valence-corrected chi connectivity index (χ1v) is 10.9. The lowest BCUT2D eigenvalue weighted by atomic mass is 9.87. The summed E-state index contributed by atoms with van der Waals surface area (Å²) in [7, 11) is 3.25. The first kappa shape index (κ1) is 23.9. The second-order valence-electron chi connectivity index (χ2n) is 9.33.